The minimum Gasteiger partial charge on any atom is -0.350 e. The van der Waals surface area contributed by atoms with Crippen LogP contribution in [0.25, 0.3) is 0 Å². The van der Waals surface area contributed by atoms with Crippen molar-refractivity contribution < 1.29 is 21.9 Å². The smallest absolute Gasteiger partial charge is 0.237 e. The minimum absolute atomic E-state index is 0.0206. The van der Waals surface area contributed by atoms with Gasteiger partial charge in [0, 0.05) is 19.6 Å². The van der Waals surface area contributed by atoms with E-state index < -0.39 is 18.3 Å². The average molecular weight is 587 g/mol. The molecule has 1 aliphatic heterocycles. The average Bonchev–Trinajstić information content (AvgIpc) is 2.98. The number of likely N-dealkylation sites (tertiary alicyclic amines) is 1. The zero-order valence-corrected chi connectivity index (χ0v) is 28.5. The molecular formula is C31H64N6O4. The third-order valence-electron chi connectivity index (χ3n) is 7.91. The lowest BCUT2D eigenvalue weighted by Gasteiger charge is -2.44. The highest BCUT2D eigenvalue weighted by atomic mass is 16.2. The van der Waals surface area contributed by atoms with Crippen LogP contribution < -0.4 is 10.6 Å². The number of hydrogen-bond donors (Lipinski definition) is 2. The molecule has 0 radical (unpaired) electrons. The van der Waals surface area contributed by atoms with Crippen molar-refractivity contribution >= 4 is 24.6 Å². The Hall–Kier alpha value is -2.20. The van der Waals surface area contributed by atoms with E-state index in [9.17, 15) is 19.2 Å². The van der Waals surface area contributed by atoms with Gasteiger partial charge >= 0.3 is 0 Å². The van der Waals surface area contributed by atoms with Gasteiger partial charge in [0.25, 0.3) is 0 Å². The molecule has 5 atom stereocenters. The zero-order valence-electron chi connectivity index (χ0n) is 30.5. The number of carbonyl (C=O) groups is 4. The first-order valence-corrected chi connectivity index (χ1v) is 15.5. The second-order valence-corrected chi connectivity index (χ2v) is 11.5. The summed E-state index contributed by atoms with van der Waals surface area (Å²) in [4.78, 5) is 53.7. The van der Waals surface area contributed by atoms with Crippen LogP contribution in [0.3, 0.4) is 0 Å². The van der Waals surface area contributed by atoms with Gasteiger partial charge in [0.2, 0.25) is 24.6 Å². The van der Waals surface area contributed by atoms with E-state index in [2.05, 4.69) is 10.6 Å². The quantitative estimate of drug-likeness (QED) is 0.423. The number of amides is 4. The van der Waals surface area contributed by atoms with Gasteiger partial charge in [0.1, 0.15) is 2.74 Å². The van der Waals surface area contributed by atoms with Gasteiger partial charge < -0.3 is 20.4 Å². The van der Waals surface area contributed by atoms with E-state index in [1.54, 1.807) is 11.9 Å². The Morgan fingerprint density at radius 1 is 0.854 bits per heavy atom. The summed E-state index contributed by atoms with van der Waals surface area (Å²) in [5, 5.41) is 6.06. The SMILES string of the molecule is CC.CC.[2H]C(=O)N(C)C1CCCCC1NC(=O)[C@H](C)N(C)C.[2H]C(=O)N1CCCCC1C(C)(C)NC(=O)C(C)N(C)C. The normalized spacial score (nSPS) is 22.5. The van der Waals surface area contributed by atoms with E-state index in [-0.39, 0.29) is 42.0 Å². The Kier molecular flexibility index (Phi) is 19.3. The fourth-order valence-corrected chi connectivity index (χ4v) is 4.88. The number of nitrogens with zero attached hydrogens (tertiary/aromatic N) is 4. The molecule has 4 amide bonds. The van der Waals surface area contributed by atoms with Crippen LogP contribution in [-0.2, 0) is 19.2 Å². The molecule has 10 heteroatoms. The molecule has 0 aromatic heterocycles. The summed E-state index contributed by atoms with van der Waals surface area (Å²) in [7, 11) is 9.08. The van der Waals surface area contributed by atoms with Gasteiger partial charge in [0.05, 0.1) is 29.7 Å². The van der Waals surface area contributed by atoms with Crippen molar-refractivity contribution in [2.24, 2.45) is 0 Å². The number of carbonyl (C=O) groups excluding carboxylic acids is 4. The van der Waals surface area contributed by atoms with E-state index in [4.69, 9.17) is 2.74 Å². The van der Waals surface area contributed by atoms with Gasteiger partial charge in [0.15, 0.2) is 0 Å². The third-order valence-corrected chi connectivity index (χ3v) is 7.91. The fourth-order valence-electron chi connectivity index (χ4n) is 4.88. The van der Waals surface area contributed by atoms with Crippen molar-refractivity contribution in [3.8, 4) is 0 Å². The summed E-state index contributed by atoms with van der Waals surface area (Å²) in [6, 6.07) is -0.628. The van der Waals surface area contributed by atoms with E-state index in [0.717, 1.165) is 44.9 Å². The van der Waals surface area contributed by atoms with Gasteiger partial charge in [-0.3, -0.25) is 29.0 Å². The van der Waals surface area contributed by atoms with Crippen LogP contribution >= 0.6 is 0 Å². The third kappa shape index (κ3) is 14.0. The predicted molar refractivity (Wildman–Crippen MR) is 170 cm³/mol. The maximum absolute atomic E-state index is 12.2. The molecule has 2 N–H and O–H groups in total. The van der Waals surface area contributed by atoms with Crippen molar-refractivity contribution in [2.45, 2.75) is 136 Å². The topological polar surface area (TPSA) is 105 Å². The number of hydrogen-bond acceptors (Lipinski definition) is 6. The van der Waals surface area contributed by atoms with E-state index in [0.29, 0.717) is 6.54 Å². The van der Waals surface area contributed by atoms with Crippen LogP contribution in [0.15, 0.2) is 0 Å². The molecule has 1 saturated carbocycles. The molecule has 242 valence electrons. The predicted octanol–water partition coefficient (Wildman–Crippen LogP) is 3.35. The molecule has 2 rings (SSSR count). The summed E-state index contributed by atoms with van der Waals surface area (Å²) >= 11 is 0. The number of rotatable bonds is 8. The summed E-state index contributed by atoms with van der Waals surface area (Å²) in [6.45, 7) is 16.2. The second kappa shape index (κ2) is 21.5. The molecule has 1 saturated heterocycles. The molecule has 10 nitrogen and oxygen atoms in total. The van der Waals surface area contributed by atoms with Gasteiger partial charge in [-0.1, -0.05) is 40.5 Å². The first-order valence-electron chi connectivity index (χ1n) is 16.5. The van der Waals surface area contributed by atoms with Crippen LogP contribution in [0.2, 0.25) is 0 Å². The van der Waals surface area contributed by atoms with Gasteiger partial charge in [-0.05, 0) is 88.0 Å². The Bertz CT molecular complexity index is 843. The molecule has 4 unspecified atom stereocenters. The Morgan fingerprint density at radius 2 is 1.34 bits per heavy atom. The molecule has 1 heterocycles. The Labute approximate surface area is 254 Å². The molecule has 0 aromatic carbocycles. The molecule has 0 spiro atoms. The lowest BCUT2D eigenvalue weighted by molar-refractivity contribution is -0.130. The molecule has 2 fully saturated rings. The highest BCUT2D eigenvalue weighted by molar-refractivity contribution is 5.82. The standard InChI is InChI=1S/C14H27N3O2.C13H25N3O2.2C2H6/c1-11(16(4)5)13(19)15-14(2,3)12-8-6-7-9-17(12)10-18;1-10(15(2)3)13(18)14-11-7-5-6-8-12(11)16(4)9-17;2*1-2/h10-12H,6-9H2,1-5H3,(H,15,19);9-12H,5-8H2,1-4H3,(H,14,18);2*1-2H3/t;10-,11?,12?;;/m.0../s1/i10D;9D;;. The summed E-state index contributed by atoms with van der Waals surface area (Å²) in [5.41, 5.74) is -0.529. The number of piperidine rings is 1. The van der Waals surface area contributed by atoms with E-state index in [1.807, 2.05) is 93.4 Å². The summed E-state index contributed by atoms with van der Waals surface area (Å²) in [6.07, 6.45) is 5.25. The van der Waals surface area contributed by atoms with Gasteiger partial charge in [-0.2, -0.15) is 0 Å². The van der Waals surface area contributed by atoms with Crippen LogP contribution in [0.1, 0.15) is 103 Å². The van der Waals surface area contributed by atoms with Crippen LogP contribution in [0.5, 0.6) is 0 Å². The molecule has 0 aromatic rings. The van der Waals surface area contributed by atoms with Crippen molar-refractivity contribution in [1.29, 1.82) is 0 Å². The summed E-state index contributed by atoms with van der Waals surface area (Å²) < 4.78 is 14.6. The summed E-state index contributed by atoms with van der Waals surface area (Å²) in [5.74, 6) is -0.0734. The minimum atomic E-state index is -0.688. The van der Waals surface area contributed by atoms with Crippen molar-refractivity contribution in [2.75, 3.05) is 41.8 Å². The van der Waals surface area contributed by atoms with E-state index in [1.165, 1.54) is 4.90 Å². The van der Waals surface area contributed by atoms with Crippen molar-refractivity contribution in [3.63, 3.8) is 0 Å². The first kappa shape index (κ1) is 36.8. The Morgan fingerprint density at radius 3 is 1.83 bits per heavy atom. The van der Waals surface area contributed by atoms with Gasteiger partial charge in [-0.25, -0.2) is 0 Å². The molecule has 1 aliphatic carbocycles. The molecular weight excluding hydrogens is 520 g/mol. The second-order valence-electron chi connectivity index (χ2n) is 11.5. The van der Waals surface area contributed by atoms with Crippen molar-refractivity contribution in [1.82, 2.24) is 30.2 Å². The fraction of sp³-hybridized carbons (Fsp3) is 0.871. The maximum Gasteiger partial charge on any atom is 0.237 e. The molecule has 2 aliphatic rings. The van der Waals surface area contributed by atoms with Crippen LogP contribution in [0, 0.1) is 0 Å². The monoisotopic (exact) mass is 587 g/mol. The lowest BCUT2D eigenvalue weighted by atomic mass is 9.86. The highest BCUT2D eigenvalue weighted by Gasteiger charge is 2.37. The van der Waals surface area contributed by atoms with E-state index >= 15 is 0 Å². The molecule has 0 bridgehead atoms. The largest absolute Gasteiger partial charge is 0.350 e. The Balaban J connectivity index is 0. The van der Waals surface area contributed by atoms with Gasteiger partial charge in [-0.15, -0.1) is 0 Å². The van der Waals surface area contributed by atoms with Crippen LogP contribution in [-0.4, -0.2) is 122 Å². The van der Waals surface area contributed by atoms with Crippen LogP contribution in [0.4, 0.5) is 0 Å². The lowest BCUT2D eigenvalue weighted by Crippen LogP contribution is -2.61. The number of likely N-dealkylation sites (N-methyl/N-ethyl adjacent to an activating group) is 3. The first-order chi connectivity index (χ1) is 20.0. The highest BCUT2D eigenvalue weighted by Crippen LogP contribution is 2.25. The zero-order chi connectivity index (χ0) is 34.1. The van der Waals surface area contributed by atoms with Crippen molar-refractivity contribution in [3.05, 3.63) is 0 Å². The maximum atomic E-state index is 12.2. The molecule has 41 heavy (non-hydrogen) atoms. The number of nitrogens with one attached hydrogen (secondary N) is 2.